The highest BCUT2D eigenvalue weighted by molar-refractivity contribution is 7.82. The molecule has 9 heteroatoms. The lowest BCUT2D eigenvalue weighted by Crippen LogP contribution is -2.53. The van der Waals surface area contributed by atoms with Crippen LogP contribution in [0.25, 0.3) is 0 Å². The Morgan fingerprint density at radius 3 is 2.44 bits per heavy atom. The second-order valence-corrected chi connectivity index (χ2v) is 8.27. The van der Waals surface area contributed by atoms with Crippen molar-refractivity contribution in [2.24, 2.45) is 0 Å². The number of nitrogens with zero attached hydrogens (tertiary/aromatic N) is 2. The fourth-order valence-corrected chi connectivity index (χ4v) is 5.02. The van der Waals surface area contributed by atoms with Gasteiger partial charge in [-0.3, -0.25) is 0 Å². The summed E-state index contributed by atoms with van der Waals surface area (Å²) in [5, 5.41) is 0. The van der Waals surface area contributed by atoms with Gasteiger partial charge in [-0.2, -0.15) is 4.31 Å². The molecule has 0 aromatic heterocycles. The molecule has 0 radical (unpaired) electrons. The monoisotopic (exact) mass is 406 g/mol. The van der Waals surface area contributed by atoms with Crippen LogP contribution in [0.15, 0.2) is 29.2 Å². The third-order valence-corrected chi connectivity index (χ3v) is 6.64. The van der Waals surface area contributed by atoms with Crippen LogP contribution >= 0.6 is 0 Å². The number of ether oxygens (including phenoxy) is 2. The number of hydrogen-bond donors (Lipinski definition) is 0. The second kappa shape index (κ2) is 8.46. The molecular formula is C18H25F3N2O3S. The minimum Gasteiger partial charge on any atom is -0.406 e. The smallest absolute Gasteiger partial charge is 0.406 e. The Hall–Kier alpha value is -1.16. The van der Waals surface area contributed by atoms with Crippen molar-refractivity contribution in [2.75, 3.05) is 32.8 Å². The molecule has 1 spiro atoms. The van der Waals surface area contributed by atoms with E-state index in [4.69, 9.17) is 4.74 Å². The van der Waals surface area contributed by atoms with Gasteiger partial charge in [0.05, 0.1) is 11.5 Å². The second-order valence-electron chi connectivity index (χ2n) is 6.86. The molecule has 3 rings (SSSR count). The first kappa shape index (κ1) is 20.6. The summed E-state index contributed by atoms with van der Waals surface area (Å²) in [5.74, 6) is -0.320. The Kier molecular flexibility index (Phi) is 6.45. The summed E-state index contributed by atoms with van der Waals surface area (Å²) in [6.07, 6.45) is -0.868. The first-order valence-electron chi connectivity index (χ1n) is 9.25. The predicted molar refractivity (Wildman–Crippen MR) is 95.5 cm³/mol. The fourth-order valence-electron chi connectivity index (χ4n) is 3.61. The molecule has 0 aliphatic carbocycles. The lowest BCUT2D eigenvalue weighted by Gasteiger charge is -2.42. The van der Waals surface area contributed by atoms with Gasteiger partial charge in [0.25, 0.3) is 0 Å². The van der Waals surface area contributed by atoms with E-state index >= 15 is 0 Å². The molecule has 2 heterocycles. The van der Waals surface area contributed by atoms with Crippen molar-refractivity contribution in [3.63, 3.8) is 0 Å². The van der Waals surface area contributed by atoms with E-state index in [1.54, 1.807) is 0 Å². The van der Waals surface area contributed by atoms with Gasteiger partial charge in [0, 0.05) is 32.5 Å². The molecule has 0 saturated carbocycles. The maximum absolute atomic E-state index is 13.1. The molecule has 0 amide bonds. The summed E-state index contributed by atoms with van der Waals surface area (Å²) >= 11 is 0. The summed E-state index contributed by atoms with van der Waals surface area (Å²) in [5.41, 5.74) is -0.547. The van der Waals surface area contributed by atoms with E-state index in [0.717, 1.165) is 45.3 Å². The van der Waals surface area contributed by atoms with Crippen LogP contribution in [0.4, 0.5) is 13.2 Å². The normalized spacial score (nSPS) is 22.2. The zero-order valence-electron chi connectivity index (χ0n) is 15.3. The number of benzene rings is 1. The fraction of sp³-hybridized carbons (Fsp3) is 0.667. The first-order chi connectivity index (χ1) is 12.8. The summed E-state index contributed by atoms with van der Waals surface area (Å²) in [6.45, 7) is 6.08. The molecule has 1 aromatic carbocycles. The Morgan fingerprint density at radius 1 is 1.19 bits per heavy atom. The van der Waals surface area contributed by atoms with Crippen LogP contribution in [0, 0.1) is 0 Å². The van der Waals surface area contributed by atoms with E-state index in [9.17, 15) is 17.4 Å². The quantitative estimate of drug-likeness (QED) is 0.725. The van der Waals surface area contributed by atoms with E-state index in [1.165, 1.54) is 24.3 Å². The minimum absolute atomic E-state index is 0.320. The summed E-state index contributed by atoms with van der Waals surface area (Å²) < 4.78 is 61.6. The molecule has 0 bridgehead atoms. The van der Waals surface area contributed by atoms with Gasteiger partial charge in [-0.25, -0.2) is 4.21 Å². The van der Waals surface area contributed by atoms with Crippen LogP contribution in [-0.4, -0.2) is 58.3 Å². The zero-order chi connectivity index (χ0) is 19.5. The molecule has 27 heavy (non-hydrogen) atoms. The summed E-state index contributed by atoms with van der Waals surface area (Å²) in [6, 6.07) is 5.22. The zero-order valence-corrected chi connectivity index (χ0v) is 16.2. The Morgan fingerprint density at radius 2 is 1.85 bits per heavy atom. The predicted octanol–water partition coefficient (Wildman–Crippen LogP) is 3.53. The maximum atomic E-state index is 13.1. The largest absolute Gasteiger partial charge is 0.573 e. The van der Waals surface area contributed by atoms with E-state index in [-0.39, 0.29) is 5.75 Å². The van der Waals surface area contributed by atoms with E-state index < -0.39 is 23.1 Å². The van der Waals surface area contributed by atoms with Crippen LogP contribution in [0.2, 0.25) is 0 Å². The third kappa shape index (κ3) is 5.01. The highest BCUT2D eigenvalue weighted by Crippen LogP contribution is 2.37. The lowest BCUT2D eigenvalue weighted by atomic mass is 10.0. The number of likely N-dealkylation sites (tertiary alicyclic amines) is 1. The molecular weight excluding hydrogens is 381 g/mol. The molecule has 2 aliphatic rings. The molecule has 0 N–H and O–H groups in total. The van der Waals surface area contributed by atoms with Gasteiger partial charge in [0.2, 0.25) is 0 Å². The Balaban J connectivity index is 1.65. The van der Waals surface area contributed by atoms with Crippen molar-refractivity contribution in [3.05, 3.63) is 24.3 Å². The third-order valence-electron chi connectivity index (χ3n) is 5.04. The van der Waals surface area contributed by atoms with Crippen LogP contribution in [0.5, 0.6) is 5.75 Å². The lowest BCUT2D eigenvalue weighted by molar-refractivity contribution is -0.274. The molecule has 2 saturated heterocycles. The van der Waals surface area contributed by atoms with Gasteiger partial charge in [-0.15, -0.1) is 13.2 Å². The van der Waals surface area contributed by atoms with Crippen LogP contribution in [0.1, 0.15) is 32.6 Å². The average Bonchev–Trinajstić information content (AvgIpc) is 3.03. The summed E-state index contributed by atoms with van der Waals surface area (Å²) in [7, 11) is -1.49. The van der Waals surface area contributed by atoms with Gasteiger partial charge in [-0.05, 0) is 37.2 Å². The molecule has 1 aromatic rings. The highest BCUT2D eigenvalue weighted by Gasteiger charge is 2.47. The number of rotatable bonds is 6. The number of halogens is 3. The van der Waals surface area contributed by atoms with Crippen molar-refractivity contribution >= 4 is 11.0 Å². The van der Waals surface area contributed by atoms with Crippen molar-refractivity contribution in [1.29, 1.82) is 0 Å². The molecule has 2 aliphatic heterocycles. The molecule has 2 fully saturated rings. The van der Waals surface area contributed by atoms with Crippen LogP contribution in [0.3, 0.4) is 0 Å². The topological polar surface area (TPSA) is 42.0 Å². The Labute approximate surface area is 160 Å². The number of unbranched alkanes of at least 4 members (excludes halogenated alkanes) is 1. The molecule has 152 valence electrons. The molecule has 1 unspecified atom stereocenters. The van der Waals surface area contributed by atoms with Crippen molar-refractivity contribution in [1.82, 2.24) is 9.21 Å². The first-order valence-corrected chi connectivity index (χ1v) is 10.4. The minimum atomic E-state index is -4.74. The van der Waals surface area contributed by atoms with Crippen molar-refractivity contribution in [3.8, 4) is 5.75 Å². The van der Waals surface area contributed by atoms with E-state index in [1.807, 2.05) is 4.31 Å². The maximum Gasteiger partial charge on any atom is 0.573 e. The SMILES string of the molecule is CCCCN1CCC2(CC1)OCCN2S(=O)c1ccc(OC(F)(F)F)cc1. The van der Waals surface area contributed by atoms with Gasteiger partial charge < -0.3 is 14.4 Å². The van der Waals surface area contributed by atoms with Crippen LogP contribution in [-0.2, 0) is 15.7 Å². The van der Waals surface area contributed by atoms with Crippen LogP contribution < -0.4 is 4.74 Å². The highest BCUT2D eigenvalue weighted by atomic mass is 32.2. The summed E-state index contributed by atoms with van der Waals surface area (Å²) in [4.78, 5) is 2.85. The number of hydrogen-bond acceptors (Lipinski definition) is 4. The number of piperidine rings is 1. The van der Waals surface area contributed by atoms with E-state index in [2.05, 4.69) is 16.6 Å². The standard InChI is InChI=1S/C18H25F3N2O3S/c1-2-3-10-22-11-8-17(9-12-22)23(13-14-25-17)27(24)16-6-4-15(5-7-16)26-18(19,20)21/h4-7H,2-3,8-14H2,1H3. The van der Waals surface area contributed by atoms with Crippen molar-refractivity contribution in [2.45, 2.75) is 49.6 Å². The van der Waals surface area contributed by atoms with Crippen molar-refractivity contribution < 1.29 is 26.9 Å². The number of alkyl halides is 3. The van der Waals surface area contributed by atoms with Gasteiger partial charge in [-0.1, -0.05) is 13.3 Å². The van der Waals surface area contributed by atoms with Gasteiger partial charge in [0.1, 0.15) is 22.5 Å². The van der Waals surface area contributed by atoms with E-state index in [0.29, 0.717) is 18.0 Å². The molecule has 1 atom stereocenters. The van der Waals surface area contributed by atoms with Gasteiger partial charge >= 0.3 is 6.36 Å². The van der Waals surface area contributed by atoms with Gasteiger partial charge in [0.15, 0.2) is 0 Å². The Bertz CT molecular complexity index is 646. The average molecular weight is 406 g/mol. The molecule has 5 nitrogen and oxygen atoms in total.